The first-order valence-electron chi connectivity index (χ1n) is 16.0. The first-order valence-corrected chi connectivity index (χ1v) is 17.4. The molecule has 0 aliphatic heterocycles. The molecule has 2 rings (SSSR count). The van der Waals surface area contributed by atoms with E-state index in [1.165, 1.54) is 139 Å². The van der Waals surface area contributed by atoms with Gasteiger partial charge in [0.25, 0.3) is 10.1 Å². The molecule has 0 aliphatic carbocycles. The molecule has 0 radical (unpaired) electrons. The van der Waals surface area contributed by atoms with Gasteiger partial charge in [-0.1, -0.05) is 154 Å². The third-order valence-electron chi connectivity index (χ3n) is 8.09. The fourth-order valence-corrected chi connectivity index (χ4v) is 6.49. The molecule has 0 fully saturated rings. The Morgan fingerprint density at radius 2 is 0.974 bits per heavy atom. The molecule has 0 saturated carbocycles. The third kappa shape index (κ3) is 12.6. The molecule has 2 aromatic carbocycles. The van der Waals surface area contributed by atoms with E-state index in [1.807, 2.05) is 12.1 Å². The average Bonchev–Trinajstić information content (AvgIpc) is 2.90. The summed E-state index contributed by atoms with van der Waals surface area (Å²) in [5.74, 6) is 0. The van der Waals surface area contributed by atoms with E-state index < -0.39 is 10.1 Å². The van der Waals surface area contributed by atoms with Crippen LogP contribution in [-0.4, -0.2) is 13.0 Å². The Labute approximate surface area is 235 Å². The van der Waals surface area contributed by atoms with Crippen molar-refractivity contribution in [1.29, 1.82) is 0 Å². The van der Waals surface area contributed by atoms with Gasteiger partial charge >= 0.3 is 0 Å². The quantitative estimate of drug-likeness (QED) is 0.112. The van der Waals surface area contributed by atoms with Crippen LogP contribution in [0.4, 0.5) is 0 Å². The molecule has 0 spiro atoms. The zero-order valence-electron chi connectivity index (χ0n) is 24.6. The first kappa shape index (κ1) is 32.8. The lowest BCUT2D eigenvalue weighted by molar-refractivity contribution is 0.484. The second-order valence-electron chi connectivity index (χ2n) is 11.4. The Bertz CT molecular complexity index is 996. The van der Waals surface area contributed by atoms with Crippen molar-refractivity contribution in [2.24, 2.45) is 0 Å². The minimum Gasteiger partial charge on any atom is -0.282 e. The summed E-state index contributed by atoms with van der Waals surface area (Å²) in [5.41, 5.74) is 2.66. The highest BCUT2D eigenvalue weighted by Gasteiger charge is 2.16. The maximum Gasteiger partial charge on any atom is 0.295 e. The van der Waals surface area contributed by atoms with Gasteiger partial charge in [0.2, 0.25) is 0 Å². The van der Waals surface area contributed by atoms with E-state index in [2.05, 4.69) is 19.9 Å². The standard InChI is InChI=1S/C34H56O3S/c1-3-5-7-9-11-13-15-17-19-21-24-30-28-29-33-32(26-23-27-34(33)38(35,36)37)31(30)25-22-20-18-16-14-12-10-8-6-4-2/h23,26-29H,3-22,24-25H2,1-2H3,(H,35,36,37). The lowest BCUT2D eigenvalue weighted by Crippen LogP contribution is -2.02. The predicted octanol–water partition coefficient (Wildman–Crippen LogP) is 11.0. The smallest absolute Gasteiger partial charge is 0.282 e. The zero-order chi connectivity index (χ0) is 27.5. The number of unbranched alkanes of at least 4 members (excludes halogenated alkanes) is 18. The van der Waals surface area contributed by atoms with Crippen LogP contribution in [0.15, 0.2) is 35.2 Å². The van der Waals surface area contributed by atoms with Crippen LogP contribution in [0, 0.1) is 0 Å². The maximum atomic E-state index is 12.0. The Hall–Kier alpha value is -1.39. The number of fused-ring (bicyclic) bond motifs is 1. The van der Waals surface area contributed by atoms with Crippen LogP contribution >= 0.6 is 0 Å². The van der Waals surface area contributed by atoms with E-state index in [-0.39, 0.29) is 4.90 Å². The number of hydrogen-bond donors (Lipinski definition) is 1. The molecule has 0 unspecified atom stereocenters. The van der Waals surface area contributed by atoms with E-state index >= 15 is 0 Å². The largest absolute Gasteiger partial charge is 0.295 e. The Morgan fingerprint density at radius 1 is 0.526 bits per heavy atom. The summed E-state index contributed by atoms with van der Waals surface area (Å²) >= 11 is 0. The number of benzene rings is 2. The van der Waals surface area contributed by atoms with Crippen LogP contribution in [0.25, 0.3) is 10.8 Å². The third-order valence-corrected chi connectivity index (χ3v) is 9.00. The molecule has 1 N–H and O–H groups in total. The van der Waals surface area contributed by atoms with Crippen molar-refractivity contribution in [3.05, 3.63) is 41.5 Å². The lowest BCUT2D eigenvalue weighted by Gasteiger charge is -2.15. The van der Waals surface area contributed by atoms with Gasteiger partial charge in [-0.05, 0) is 48.3 Å². The highest BCUT2D eigenvalue weighted by molar-refractivity contribution is 7.86. The Morgan fingerprint density at radius 3 is 1.45 bits per heavy atom. The summed E-state index contributed by atoms with van der Waals surface area (Å²) in [6, 6.07) is 9.36. The van der Waals surface area contributed by atoms with Crippen LogP contribution in [0.3, 0.4) is 0 Å². The van der Waals surface area contributed by atoms with Crippen molar-refractivity contribution in [3.8, 4) is 0 Å². The second kappa shape index (κ2) is 19.6. The fraction of sp³-hybridized carbons (Fsp3) is 0.706. The van der Waals surface area contributed by atoms with E-state index in [0.717, 1.165) is 24.6 Å². The van der Waals surface area contributed by atoms with Gasteiger partial charge in [0.1, 0.15) is 4.90 Å². The Balaban J connectivity index is 1.90. The molecule has 3 nitrogen and oxygen atoms in total. The minimum atomic E-state index is -4.24. The second-order valence-corrected chi connectivity index (χ2v) is 12.8. The monoisotopic (exact) mass is 544 g/mol. The molecule has 0 bridgehead atoms. The van der Waals surface area contributed by atoms with Gasteiger partial charge in [-0.15, -0.1) is 0 Å². The summed E-state index contributed by atoms with van der Waals surface area (Å²) < 4.78 is 33.8. The van der Waals surface area contributed by atoms with Gasteiger partial charge in [-0.25, -0.2) is 0 Å². The number of rotatable bonds is 23. The fourth-order valence-electron chi connectivity index (χ4n) is 5.78. The average molecular weight is 545 g/mol. The minimum absolute atomic E-state index is 0.0322. The molecule has 38 heavy (non-hydrogen) atoms. The summed E-state index contributed by atoms with van der Waals surface area (Å²) in [4.78, 5) is 0.0322. The molecule has 216 valence electrons. The maximum absolute atomic E-state index is 12.0. The highest BCUT2D eigenvalue weighted by atomic mass is 32.2. The normalized spacial score (nSPS) is 12.0. The van der Waals surface area contributed by atoms with E-state index in [1.54, 1.807) is 6.07 Å². The van der Waals surface area contributed by atoms with Crippen LogP contribution in [-0.2, 0) is 23.0 Å². The van der Waals surface area contributed by atoms with Gasteiger partial charge in [0, 0.05) is 5.39 Å². The molecule has 0 atom stereocenters. The topological polar surface area (TPSA) is 54.4 Å². The molecule has 0 heterocycles. The van der Waals surface area contributed by atoms with Crippen LogP contribution < -0.4 is 0 Å². The molecule has 0 amide bonds. The van der Waals surface area contributed by atoms with Crippen molar-refractivity contribution >= 4 is 20.9 Å². The number of hydrogen-bond acceptors (Lipinski definition) is 2. The molecule has 0 aromatic heterocycles. The summed E-state index contributed by atoms with van der Waals surface area (Å²) in [7, 11) is -4.24. The predicted molar refractivity (Wildman–Crippen MR) is 165 cm³/mol. The van der Waals surface area contributed by atoms with Gasteiger partial charge in [-0.2, -0.15) is 8.42 Å². The molecular weight excluding hydrogens is 488 g/mol. The van der Waals surface area contributed by atoms with Gasteiger partial charge in [-0.3, -0.25) is 4.55 Å². The van der Waals surface area contributed by atoms with Crippen molar-refractivity contribution < 1.29 is 13.0 Å². The SMILES string of the molecule is CCCCCCCCCCCCc1ccc2c(S(=O)(=O)O)cccc2c1CCCCCCCCCCCC. The van der Waals surface area contributed by atoms with Gasteiger partial charge in [0.05, 0.1) is 0 Å². The van der Waals surface area contributed by atoms with Crippen LogP contribution in [0.5, 0.6) is 0 Å². The van der Waals surface area contributed by atoms with Gasteiger partial charge in [0.15, 0.2) is 0 Å². The van der Waals surface area contributed by atoms with Crippen LogP contribution in [0.2, 0.25) is 0 Å². The van der Waals surface area contributed by atoms with Gasteiger partial charge < -0.3 is 0 Å². The molecule has 0 saturated heterocycles. The summed E-state index contributed by atoms with van der Waals surface area (Å²) in [6.07, 6.45) is 28.4. The number of aryl methyl sites for hydroxylation is 2. The molecule has 2 aromatic rings. The van der Waals surface area contributed by atoms with E-state index in [0.29, 0.717) is 5.39 Å². The molecule has 0 aliphatic rings. The van der Waals surface area contributed by atoms with Crippen molar-refractivity contribution in [1.82, 2.24) is 0 Å². The molecule has 4 heteroatoms. The summed E-state index contributed by atoms with van der Waals surface area (Å²) in [6.45, 7) is 4.54. The van der Waals surface area contributed by atoms with E-state index in [4.69, 9.17) is 0 Å². The first-order chi connectivity index (χ1) is 18.5. The van der Waals surface area contributed by atoms with Crippen molar-refractivity contribution in [2.75, 3.05) is 0 Å². The lowest BCUT2D eigenvalue weighted by atomic mass is 9.91. The van der Waals surface area contributed by atoms with Crippen molar-refractivity contribution in [3.63, 3.8) is 0 Å². The zero-order valence-corrected chi connectivity index (χ0v) is 25.4. The summed E-state index contributed by atoms with van der Waals surface area (Å²) in [5, 5.41) is 1.66. The highest BCUT2D eigenvalue weighted by Crippen LogP contribution is 2.30. The van der Waals surface area contributed by atoms with Crippen molar-refractivity contribution in [2.45, 2.75) is 160 Å². The van der Waals surface area contributed by atoms with E-state index in [9.17, 15) is 13.0 Å². The van der Waals surface area contributed by atoms with Crippen LogP contribution in [0.1, 0.15) is 153 Å². The Kier molecular flexibility index (Phi) is 17.0. The molecular formula is C34H56O3S.